The third-order valence-electron chi connectivity index (χ3n) is 6.92. The summed E-state index contributed by atoms with van der Waals surface area (Å²) in [5.74, 6) is -0.538. The van der Waals surface area contributed by atoms with Crippen molar-refractivity contribution in [3.63, 3.8) is 0 Å². The lowest BCUT2D eigenvalue weighted by molar-refractivity contribution is -0.143. The van der Waals surface area contributed by atoms with Crippen LogP contribution in [0.25, 0.3) is 10.8 Å². The number of hydrogen-bond donors (Lipinski definition) is 1. The van der Waals surface area contributed by atoms with E-state index >= 15 is 0 Å². The van der Waals surface area contributed by atoms with E-state index in [0.29, 0.717) is 24.2 Å². The topological polar surface area (TPSA) is 99.1 Å². The van der Waals surface area contributed by atoms with Gasteiger partial charge in [0.2, 0.25) is 23.1 Å². The number of ether oxygens (including phenoxy) is 3. The lowest BCUT2D eigenvalue weighted by atomic mass is 9.89. The largest absolute Gasteiger partial charge is 0.508 e. The van der Waals surface area contributed by atoms with E-state index < -0.39 is 0 Å². The Hall–Kier alpha value is -3.61. The molecule has 0 amide bonds. The second kappa shape index (κ2) is 14.4. The summed E-state index contributed by atoms with van der Waals surface area (Å²) in [7, 11) is 2.74. The van der Waals surface area contributed by atoms with Crippen molar-refractivity contribution in [1.29, 1.82) is 0 Å². The number of hydrogen-bond acceptors (Lipinski definition) is 7. The van der Waals surface area contributed by atoms with Gasteiger partial charge in [-0.05, 0) is 54.7 Å². The number of ketones is 2. The van der Waals surface area contributed by atoms with E-state index in [-0.39, 0.29) is 41.2 Å². The Morgan fingerprint density at radius 3 is 2.03 bits per heavy atom. The molecule has 2 aromatic rings. The van der Waals surface area contributed by atoms with Crippen molar-refractivity contribution >= 4 is 28.3 Å². The Morgan fingerprint density at radius 2 is 1.34 bits per heavy atom. The Morgan fingerprint density at radius 1 is 0.763 bits per heavy atom. The minimum atomic E-state index is -0.278. The molecule has 1 aliphatic rings. The summed E-state index contributed by atoms with van der Waals surface area (Å²) in [4.78, 5) is 37.2. The van der Waals surface area contributed by atoms with E-state index in [1.807, 2.05) is 24.3 Å². The summed E-state index contributed by atoms with van der Waals surface area (Å²) in [6.45, 7) is 2.11. The summed E-state index contributed by atoms with van der Waals surface area (Å²) in [5, 5.41) is 11.5. The Labute approximate surface area is 224 Å². The van der Waals surface area contributed by atoms with Crippen LogP contribution < -0.4 is 0 Å². The molecule has 0 bridgehead atoms. The van der Waals surface area contributed by atoms with Crippen LogP contribution in [0.3, 0.4) is 0 Å². The SMILES string of the molecule is COC1=C(OC)C(=O)C(CCCCCCCCCCOC(=O)Cc2ccc3cc(O)ccc3c2)=C(C)C1=O. The van der Waals surface area contributed by atoms with Crippen molar-refractivity contribution in [2.75, 3.05) is 20.8 Å². The van der Waals surface area contributed by atoms with E-state index in [9.17, 15) is 19.5 Å². The molecule has 0 unspecified atom stereocenters. The van der Waals surface area contributed by atoms with Crippen LogP contribution >= 0.6 is 0 Å². The summed E-state index contributed by atoms with van der Waals surface area (Å²) in [5.41, 5.74) is 1.88. The molecule has 7 heteroatoms. The summed E-state index contributed by atoms with van der Waals surface area (Å²) >= 11 is 0. The van der Waals surface area contributed by atoms with Crippen LogP contribution in [-0.4, -0.2) is 43.5 Å². The first-order valence-corrected chi connectivity index (χ1v) is 13.3. The van der Waals surface area contributed by atoms with Gasteiger partial charge in [0, 0.05) is 11.1 Å². The number of benzene rings is 2. The van der Waals surface area contributed by atoms with Gasteiger partial charge in [-0.3, -0.25) is 14.4 Å². The highest BCUT2D eigenvalue weighted by atomic mass is 16.5. The molecule has 0 spiro atoms. The molecule has 0 radical (unpaired) electrons. The number of rotatable bonds is 15. The number of phenolic OH excluding ortho intramolecular Hbond substituents is 1. The first-order valence-electron chi connectivity index (χ1n) is 13.3. The molecule has 2 aromatic carbocycles. The second-order valence-electron chi connectivity index (χ2n) is 9.67. The van der Waals surface area contributed by atoms with Gasteiger partial charge < -0.3 is 19.3 Å². The lowest BCUT2D eigenvalue weighted by Gasteiger charge is -2.20. The number of allylic oxidation sites excluding steroid dienone is 2. The van der Waals surface area contributed by atoms with Gasteiger partial charge in [0.25, 0.3) is 0 Å². The Balaban J connectivity index is 1.23. The molecule has 0 aromatic heterocycles. The van der Waals surface area contributed by atoms with Crippen molar-refractivity contribution in [2.24, 2.45) is 0 Å². The van der Waals surface area contributed by atoms with Crippen molar-refractivity contribution in [3.05, 3.63) is 64.6 Å². The third-order valence-corrected chi connectivity index (χ3v) is 6.92. The van der Waals surface area contributed by atoms with Crippen LogP contribution in [0.5, 0.6) is 5.75 Å². The van der Waals surface area contributed by atoms with Gasteiger partial charge in [0.05, 0.1) is 27.2 Å². The molecule has 0 saturated heterocycles. The summed E-state index contributed by atoms with van der Waals surface area (Å²) in [6, 6.07) is 10.9. The van der Waals surface area contributed by atoms with Gasteiger partial charge >= 0.3 is 5.97 Å². The average molecular weight is 523 g/mol. The number of fused-ring (bicyclic) bond motifs is 1. The number of phenols is 1. The minimum absolute atomic E-state index is 0.000590. The fourth-order valence-electron chi connectivity index (χ4n) is 4.75. The maximum absolute atomic E-state index is 12.7. The zero-order chi connectivity index (χ0) is 27.5. The van der Waals surface area contributed by atoms with E-state index in [1.165, 1.54) is 14.2 Å². The summed E-state index contributed by atoms with van der Waals surface area (Å²) < 4.78 is 15.6. The molecule has 1 N–H and O–H groups in total. The number of carbonyl (C=O) groups excluding carboxylic acids is 3. The molecular formula is C31H38O7. The van der Waals surface area contributed by atoms with Gasteiger partial charge in [0.1, 0.15) is 5.75 Å². The van der Waals surface area contributed by atoms with Gasteiger partial charge in [0.15, 0.2) is 0 Å². The maximum Gasteiger partial charge on any atom is 0.310 e. The zero-order valence-corrected chi connectivity index (χ0v) is 22.6. The van der Waals surface area contributed by atoms with Crippen LogP contribution in [0, 0.1) is 0 Å². The zero-order valence-electron chi connectivity index (χ0n) is 22.6. The number of Topliss-reactive ketones (excluding diaryl/α,β-unsaturated/α-hetero) is 2. The highest BCUT2D eigenvalue weighted by Gasteiger charge is 2.34. The molecule has 0 saturated carbocycles. The van der Waals surface area contributed by atoms with Gasteiger partial charge in [-0.25, -0.2) is 0 Å². The third kappa shape index (κ3) is 7.70. The predicted octanol–water partition coefficient (Wildman–Crippen LogP) is 6.11. The Bertz CT molecular complexity index is 1220. The normalized spacial score (nSPS) is 13.9. The molecular weight excluding hydrogens is 484 g/mol. The monoisotopic (exact) mass is 522 g/mol. The molecule has 0 atom stereocenters. The molecule has 204 valence electrons. The minimum Gasteiger partial charge on any atom is -0.508 e. The number of aromatic hydroxyl groups is 1. The molecule has 0 heterocycles. The van der Waals surface area contributed by atoms with E-state index in [0.717, 1.165) is 67.7 Å². The predicted molar refractivity (Wildman–Crippen MR) is 146 cm³/mol. The standard InChI is InChI=1S/C31H38O7/c1-21-26(29(35)31(37-3)30(36-2)28(21)34)12-10-8-6-4-5-7-9-11-17-38-27(33)19-22-13-14-24-20-25(32)16-15-23(24)18-22/h13-16,18,20,32H,4-12,17,19H2,1-3H3. The van der Waals surface area contributed by atoms with E-state index in [1.54, 1.807) is 19.1 Å². The van der Waals surface area contributed by atoms with Crippen LogP contribution in [0.1, 0.15) is 70.3 Å². The van der Waals surface area contributed by atoms with Gasteiger partial charge in [-0.15, -0.1) is 0 Å². The van der Waals surface area contributed by atoms with Crippen molar-refractivity contribution < 1.29 is 33.7 Å². The fourth-order valence-corrected chi connectivity index (χ4v) is 4.75. The number of methoxy groups -OCH3 is 2. The number of carbonyl (C=O) groups is 3. The highest BCUT2D eigenvalue weighted by Crippen LogP contribution is 2.29. The highest BCUT2D eigenvalue weighted by molar-refractivity contribution is 6.23. The number of esters is 1. The van der Waals surface area contributed by atoms with Crippen molar-refractivity contribution in [1.82, 2.24) is 0 Å². The Kier molecular flexibility index (Phi) is 10.9. The molecule has 0 fully saturated rings. The van der Waals surface area contributed by atoms with E-state index in [4.69, 9.17) is 14.2 Å². The summed E-state index contributed by atoms with van der Waals surface area (Å²) in [6.07, 6.45) is 8.91. The quantitative estimate of drug-likeness (QED) is 0.171. The molecule has 1 aliphatic carbocycles. The van der Waals surface area contributed by atoms with Crippen LogP contribution in [0.4, 0.5) is 0 Å². The van der Waals surface area contributed by atoms with E-state index in [2.05, 4.69) is 0 Å². The first kappa shape index (κ1) is 29.0. The number of unbranched alkanes of at least 4 members (excludes halogenated alkanes) is 7. The van der Waals surface area contributed by atoms with Gasteiger partial charge in [-0.1, -0.05) is 62.8 Å². The van der Waals surface area contributed by atoms with Crippen molar-refractivity contribution in [2.45, 2.75) is 71.1 Å². The maximum atomic E-state index is 12.7. The van der Waals surface area contributed by atoms with Crippen molar-refractivity contribution in [3.8, 4) is 5.75 Å². The lowest BCUT2D eigenvalue weighted by Crippen LogP contribution is -2.25. The second-order valence-corrected chi connectivity index (χ2v) is 9.67. The van der Waals surface area contributed by atoms with Gasteiger partial charge in [-0.2, -0.15) is 0 Å². The first-order chi connectivity index (χ1) is 18.3. The smallest absolute Gasteiger partial charge is 0.310 e. The molecule has 3 rings (SSSR count). The van der Waals surface area contributed by atoms with Crippen LogP contribution in [-0.2, 0) is 35.0 Å². The average Bonchev–Trinajstić information content (AvgIpc) is 2.90. The molecule has 7 nitrogen and oxygen atoms in total. The molecule has 38 heavy (non-hydrogen) atoms. The van der Waals surface area contributed by atoms with Crippen LogP contribution in [0.2, 0.25) is 0 Å². The molecule has 0 aliphatic heterocycles. The fraction of sp³-hybridized carbons (Fsp3) is 0.452. The van der Waals surface area contributed by atoms with Crippen LogP contribution in [0.15, 0.2) is 59.1 Å².